The summed E-state index contributed by atoms with van der Waals surface area (Å²) >= 11 is 3.36. The Morgan fingerprint density at radius 3 is 2.21 bits per heavy atom. The molecule has 1 aliphatic heterocycles. The molecule has 0 spiro atoms. The predicted molar refractivity (Wildman–Crippen MR) is 114 cm³/mol. The van der Waals surface area contributed by atoms with E-state index in [4.69, 9.17) is 5.26 Å². The van der Waals surface area contributed by atoms with Crippen molar-refractivity contribution in [2.24, 2.45) is 0 Å². The van der Waals surface area contributed by atoms with E-state index in [2.05, 4.69) is 21.2 Å². The first kappa shape index (κ1) is 21.5. The number of carbonyl (C=O) groups is 1. The third kappa shape index (κ3) is 5.03. The van der Waals surface area contributed by atoms with Gasteiger partial charge in [0.05, 0.1) is 22.6 Å². The lowest BCUT2D eigenvalue weighted by Crippen LogP contribution is -2.53. The van der Waals surface area contributed by atoms with Crippen LogP contribution in [0.25, 0.3) is 0 Å². The van der Waals surface area contributed by atoms with Crippen molar-refractivity contribution in [3.8, 4) is 6.07 Å². The molecular weight excluding hydrogens is 456 g/mol. The highest BCUT2D eigenvalue weighted by molar-refractivity contribution is 9.10. The zero-order valence-corrected chi connectivity index (χ0v) is 18.3. The van der Waals surface area contributed by atoms with Gasteiger partial charge in [0.2, 0.25) is 15.9 Å². The SMILES string of the molecule is CC(C(=O)Nc1ccc(Br)cc1)N1CCN(S(=O)(=O)c2ccc(C#N)cc2)CC1. The fourth-order valence-electron chi connectivity index (χ4n) is 3.13. The molecule has 1 unspecified atom stereocenters. The number of benzene rings is 2. The summed E-state index contributed by atoms with van der Waals surface area (Å²) in [6.07, 6.45) is 0. The summed E-state index contributed by atoms with van der Waals surface area (Å²) in [6, 6.07) is 14.8. The molecule has 1 N–H and O–H groups in total. The number of carbonyl (C=O) groups excluding carboxylic acids is 1. The molecule has 1 amide bonds. The largest absolute Gasteiger partial charge is 0.325 e. The van der Waals surface area contributed by atoms with E-state index >= 15 is 0 Å². The summed E-state index contributed by atoms with van der Waals surface area (Å²) < 4.78 is 28.0. The minimum atomic E-state index is -3.62. The number of hydrogen-bond acceptors (Lipinski definition) is 5. The van der Waals surface area contributed by atoms with Gasteiger partial charge >= 0.3 is 0 Å². The smallest absolute Gasteiger partial charge is 0.243 e. The average molecular weight is 477 g/mol. The fourth-order valence-corrected chi connectivity index (χ4v) is 4.81. The Morgan fingerprint density at radius 2 is 1.66 bits per heavy atom. The van der Waals surface area contributed by atoms with Gasteiger partial charge in [-0.15, -0.1) is 0 Å². The standard InChI is InChI=1S/C20H21BrN4O3S/c1-15(20(26)23-18-6-4-17(21)5-7-18)24-10-12-25(13-11-24)29(27,28)19-8-2-16(14-22)3-9-19/h2-9,15H,10-13H2,1H3,(H,23,26). The lowest BCUT2D eigenvalue weighted by molar-refractivity contribution is -0.121. The van der Waals surface area contributed by atoms with Crippen LogP contribution in [0.5, 0.6) is 0 Å². The summed E-state index contributed by atoms with van der Waals surface area (Å²) in [4.78, 5) is 14.7. The highest BCUT2D eigenvalue weighted by Crippen LogP contribution is 2.20. The third-order valence-electron chi connectivity index (χ3n) is 4.93. The molecule has 2 aromatic rings. The molecular formula is C20H21BrN4O3S. The third-order valence-corrected chi connectivity index (χ3v) is 7.37. The lowest BCUT2D eigenvalue weighted by Gasteiger charge is -2.36. The summed E-state index contributed by atoms with van der Waals surface area (Å²) in [5.74, 6) is -0.129. The van der Waals surface area contributed by atoms with Crippen LogP contribution < -0.4 is 5.32 Å². The Bertz CT molecular complexity index is 1010. The van der Waals surface area contributed by atoms with E-state index in [1.807, 2.05) is 42.2 Å². The molecule has 9 heteroatoms. The number of hydrogen-bond donors (Lipinski definition) is 1. The molecule has 152 valence electrons. The minimum absolute atomic E-state index is 0.129. The summed E-state index contributed by atoms with van der Waals surface area (Å²) in [5.41, 5.74) is 1.13. The molecule has 1 heterocycles. The van der Waals surface area contributed by atoms with E-state index < -0.39 is 10.0 Å². The number of piperazine rings is 1. The molecule has 0 aromatic heterocycles. The van der Waals surface area contributed by atoms with E-state index in [1.165, 1.54) is 28.6 Å². The normalized spacial score (nSPS) is 16.7. The predicted octanol–water partition coefficient (Wildman–Crippen LogP) is 2.65. The van der Waals surface area contributed by atoms with Crippen LogP contribution in [0, 0.1) is 11.3 Å². The maximum absolute atomic E-state index is 12.8. The van der Waals surface area contributed by atoms with Crippen molar-refractivity contribution in [1.82, 2.24) is 9.21 Å². The van der Waals surface area contributed by atoms with Crippen LogP contribution in [0.2, 0.25) is 0 Å². The fraction of sp³-hybridized carbons (Fsp3) is 0.300. The second-order valence-corrected chi connectivity index (χ2v) is 9.60. The van der Waals surface area contributed by atoms with Crippen molar-refractivity contribution in [1.29, 1.82) is 5.26 Å². The number of nitrogens with zero attached hydrogens (tertiary/aromatic N) is 3. The van der Waals surface area contributed by atoms with Gasteiger partial charge in [-0.05, 0) is 55.5 Å². The van der Waals surface area contributed by atoms with Crippen LogP contribution in [0.3, 0.4) is 0 Å². The van der Waals surface area contributed by atoms with Gasteiger partial charge < -0.3 is 5.32 Å². The molecule has 0 saturated carbocycles. The van der Waals surface area contributed by atoms with Crippen LogP contribution in [0.4, 0.5) is 5.69 Å². The second-order valence-electron chi connectivity index (χ2n) is 6.75. The van der Waals surface area contributed by atoms with Gasteiger partial charge in [0.15, 0.2) is 0 Å². The van der Waals surface area contributed by atoms with Gasteiger partial charge in [0, 0.05) is 36.3 Å². The van der Waals surface area contributed by atoms with E-state index in [9.17, 15) is 13.2 Å². The zero-order valence-electron chi connectivity index (χ0n) is 15.9. The maximum atomic E-state index is 12.8. The number of nitriles is 1. The second kappa shape index (κ2) is 9.05. The van der Waals surface area contributed by atoms with Gasteiger partial charge in [0.1, 0.15) is 0 Å². The molecule has 1 aliphatic rings. The van der Waals surface area contributed by atoms with Crippen molar-refractivity contribution >= 4 is 37.5 Å². The highest BCUT2D eigenvalue weighted by atomic mass is 79.9. The van der Waals surface area contributed by atoms with Crippen LogP contribution in [-0.2, 0) is 14.8 Å². The molecule has 3 rings (SSSR count). The van der Waals surface area contributed by atoms with Gasteiger partial charge in [-0.1, -0.05) is 15.9 Å². The Hall–Kier alpha value is -2.25. The van der Waals surface area contributed by atoms with E-state index in [1.54, 1.807) is 0 Å². The van der Waals surface area contributed by atoms with Crippen molar-refractivity contribution in [2.75, 3.05) is 31.5 Å². The van der Waals surface area contributed by atoms with Gasteiger partial charge in [-0.2, -0.15) is 9.57 Å². The number of amides is 1. The molecule has 0 bridgehead atoms. The van der Waals surface area contributed by atoms with E-state index in [0.717, 1.165) is 4.47 Å². The van der Waals surface area contributed by atoms with Gasteiger partial charge in [-0.25, -0.2) is 8.42 Å². The van der Waals surface area contributed by atoms with Gasteiger partial charge in [0.25, 0.3) is 0 Å². The number of halogens is 1. The molecule has 1 saturated heterocycles. The summed E-state index contributed by atoms with van der Waals surface area (Å²) in [7, 11) is -3.62. The van der Waals surface area contributed by atoms with Crippen LogP contribution in [-0.4, -0.2) is 55.8 Å². The maximum Gasteiger partial charge on any atom is 0.243 e. The summed E-state index contributed by atoms with van der Waals surface area (Å²) in [6.45, 7) is 3.35. The average Bonchev–Trinajstić information content (AvgIpc) is 2.75. The molecule has 1 atom stereocenters. The first-order valence-corrected chi connectivity index (χ1v) is 11.4. The van der Waals surface area contributed by atoms with Crippen molar-refractivity contribution in [3.63, 3.8) is 0 Å². The van der Waals surface area contributed by atoms with Crippen molar-refractivity contribution in [2.45, 2.75) is 17.9 Å². The molecule has 0 aliphatic carbocycles. The highest BCUT2D eigenvalue weighted by Gasteiger charge is 2.31. The number of sulfonamides is 1. The number of nitrogens with one attached hydrogen (secondary N) is 1. The number of rotatable bonds is 5. The zero-order chi connectivity index (χ0) is 21.0. The van der Waals surface area contributed by atoms with Crippen molar-refractivity contribution in [3.05, 3.63) is 58.6 Å². The minimum Gasteiger partial charge on any atom is -0.325 e. The lowest BCUT2D eigenvalue weighted by atomic mass is 10.2. The summed E-state index contributed by atoms with van der Waals surface area (Å²) in [5, 5.41) is 11.7. The number of anilines is 1. The quantitative estimate of drug-likeness (QED) is 0.715. The van der Waals surface area contributed by atoms with Crippen molar-refractivity contribution < 1.29 is 13.2 Å². The van der Waals surface area contributed by atoms with E-state index in [-0.39, 0.29) is 16.8 Å². The Balaban J connectivity index is 1.59. The molecule has 29 heavy (non-hydrogen) atoms. The van der Waals surface area contributed by atoms with Crippen LogP contribution >= 0.6 is 15.9 Å². The molecule has 0 radical (unpaired) electrons. The topological polar surface area (TPSA) is 93.5 Å². The first-order chi connectivity index (χ1) is 13.8. The molecule has 7 nitrogen and oxygen atoms in total. The Morgan fingerprint density at radius 1 is 1.07 bits per heavy atom. The first-order valence-electron chi connectivity index (χ1n) is 9.12. The van der Waals surface area contributed by atoms with E-state index in [0.29, 0.717) is 37.4 Å². The van der Waals surface area contributed by atoms with Gasteiger partial charge in [-0.3, -0.25) is 9.69 Å². The van der Waals surface area contributed by atoms with Crippen LogP contribution in [0.15, 0.2) is 57.9 Å². The van der Waals surface area contributed by atoms with Crippen LogP contribution in [0.1, 0.15) is 12.5 Å². The molecule has 2 aromatic carbocycles. The Labute approximate surface area is 179 Å². The monoisotopic (exact) mass is 476 g/mol. The molecule has 1 fully saturated rings. The Kier molecular flexibility index (Phi) is 6.70.